The maximum absolute atomic E-state index is 13.3. The molecule has 0 atom stereocenters. The molecular formula is C20H24N4O2S. The van der Waals surface area contributed by atoms with E-state index >= 15 is 0 Å². The van der Waals surface area contributed by atoms with Crippen LogP contribution in [0.1, 0.15) is 12.0 Å². The van der Waals surface area contributed by atoms with Crippen LogP contribution in [-0.2, 0) is 16.4 Å². The van der Waals surface area contributed by atoms with Crippen LogP contribution < -0.4 is 11.5 Å². The molecule has 6 nitrogen and oxygen atoms in total. The molecule has 0 saturated carbocycles. The molecule has 0 radical (unpaired) electrons. The molecule has 0 fully saturated rings. The number of rotatable bonds is 8. The molecule has 7 heteroatoms. The minimum Gasteiger partial charge on any atom is -0.383 e. The predicted molar refractivity (Wildman–Crippen MR) is 109 cm³/mol. The summed E-state index contributed by atoms with van der Waals surface area (Å²) in [4.78, 5) is 4.28. The number of pyridine rings is 1. The van der Waals surface area contributed by atoms with E-state index in [0.717, 1.165) is 12.8 Å². The largest absolute Gasteiger partial charge is 0.383 e. The lowest BCUT2D eigenvalue weighted by Crippen LogP contribution is -2.36. The summed E-state index contributed by atoms with van der Waals surface area (Å²) in [6.45, 7) is 0.943. The summed E-state index contributed by atoms with van der Waals surface area (Å²) in [6, 6.07) is 16.8. The maximum atomic E-state index is 13.3. The summed E-state index contributed by atoms with van der Waals surface area (Å²) in [5.74, 6) is 0.319. The first kappa shape index (κ1) is 19.3. The van der Waals surface area contributed by atoms with Gasteiger partial charge < -0.3 is 11.5 Å². The van der Waals surface area contributed by atoms with Gasteiger partial charge in [0.25, 0.3) is 0 Å². The van der Waals surface area contributed by atoms with Gasteiger partial charge in [0.05, 0.1) is 4.90 Å². The van der Waals surface area contributed by atoms with Gasteiger partial charge in [-0.1, -0.05) is 42.5 Å². The van der Waals surface area contributed by atoms with Crippen LogP contribution >= 0.6 is 0 Å². The van der Waals surface area contributed by atoms with Crippen LogP contribution in [0.15, 0.2) is 65.7 Å². The van der Waals surface area contributed by atoms with Crippen molar-refractivity contribution in [3.05, 3.63) is 66.4 Å². The van der Waals surface area contributed by atoms with Gasteiger partial charge in [-0.2, -0.15) is 4.31 Å². The zero-order valence-electron chi connectivity index (χ0n) is 15.1. The Labute approximate surface area is 159 Å². The monoisotopic (exact) mass is 384 g/mol. The molecule has 142 valence electrons. The van der Waals surface area contributed by atoms with Crippen LogP contribution in [-0.4, -0.2) is 37.3 Å². The number of hydrogen-bond acceptors (Lipinski definition) is 5. The molecule has 0 aliphatic carbocycles. The van der Waals surface area contributed by atoms with Crippen molar-refractivity contribution in [2.75, 3.05) is 25.4 Å². The average Bonchev–Trinajstić information content (AvgIpc) is 2.68. The van der Waals surface area contributed by atoms with Crippen molar-refractivity contribution in [3.8, 4) is 0 Å². The van der Waals surface area contributed by atoms with Crippen molar-refractivity contribution in [2.45, 2.75) is 17.7 Å². The Kier molecular flexibility index (Phi) is 6.05. The van der Waals surface area contributed by atoms with Gasteiger partial charge in [-0.15, -0.1) is 0 Å². The highest BCUT2D eigenvalue weighted by atomic mass is 32.2. The van der Waals surface area contributed by atoms with Crippen LogP contribution in [0.5, 0.6) is 0 Å². The van der Waals surface area contributed by atoms with E-state index in [4.69, 9.17) is 11.5 Å². The summed E-state index contributed by atoms with van der Waals surface area (Å²) < 4.78 is 28.1. The number of benzene rings is 2. The molecule has 1 heterocycles. The molecule has 0 aliphatic rings. The van der Waals surface area contributed by atoms with E-state index in [1.54, 1.807) is 24.3 Å². The van der Waals surface area contributed by atoms with Crippen molar-refractivity contribution in [1.29, 1.82) is 0 Å². The molecule has 0 saturated heterocycles. The van der Waals surface area contributed by atoms with E-state index in [2.05, 4.69) is 4.98 Å². The van der Waals surface area contributed by atoms with Gasteiger partial charge in [-0.3, -0.25) is 0 Å². The van der Waals surface area contributed by atoms with Gasteiger partial charge in [-0.05, 0) is 30.5 Å². The Morgan fingerprint density at radius 2 is 1.70 bits per heavy atom. The summed E-state index contributed by atoms with van der Waals surface area (Å²) >= 11 is 0. The second-order valence-corrected chi connectivity index (χ2v) is 8.24. The third-order valence-electron chi connectivity index (χ3n) is 4.51. The van der Waals surface area contributed by atoms with Crippen LogP contribution in [0.25, 0.3) is 10.8 Å². The molecule has 27 heavy (non-hydrogen) atoms. The van der Waals surface area contributed by atoms with Gasteiger partial charge in [-0.25, -0.2) is 13.4 Å². The standard InChI is InChI=1S/C20H24N4O2S/c21-12-15-24(14-5-8-16-6-2-1-3-7-16)27(25,26)19-10-4-9-18-17(19)11-13-23-20(18)22/h1-4,6-7,9-11,13H,5,8,12,14-15,21H2,(H2,22,23). The Morgan fingerprint density at radius 1 is 0.926 bits per heavy atom. The number of nitrogen functional groups attached to an aromatic ring is 1. The van der Waals surface area contributed by atoms with E-state index in [9.17, 15) is 8.42 Å². The number of sulfonamides is 1. The quantitative estimate of drug-likeness (QED) is 0.621. The lowest BCUT2D eigenvalue weighted by Gasteiger charge is -2.22. The molecule has 1 aromatic heterocycles. The number of aromatic nitrogens is 1. The molecule has 0 spiro atoms. The summed E-state index contributed by atoms with van der Waals surface area (Å²) in [5, 5.41) is 1.21. The smallest absolute Gasteiger partial charge is 0.243 e. The maximum Gasteiger partial charge on any atom is 0.243 e. The second-order valence-electron chi connectivity index (χ2n) is 6.33. The fraction of sp³-hybridized carbons (Fsp3) is 0.250. The minimum absolute atomic E-state index is 0.238. The molecule has 0 unspecified atom stereocenters. The summed E-state index contributed by atoms with van der Waals surface area (Å²) in [6.07, 6.45) is 3.06. The second kappa shape index (κ2) is 8.47. The Hall–Kier alpha value is -2.48. The van der Waals surface area contributed by atoms with Crippen molar-refractivity contribution in [3.63, 3.8) is 0 Å². The molecule has 2 aromatic carbocycles. The summed E-state index contributed by atoms with van der Waals surface area (Å²) in [5.41, 5.74) is 12.8. The fourth-order valence-electron chi connectivity index (χ4n) is 3.17. The summed E-state index contributed by atoms with van der Waals surface area (Å²) in [7, 11) is -3.69. The average molecular weight is 385 g/mol. The Balaban J connectivity index is 1.87. The molecule has 3 aromatic rings. The van der Waals surface area contributed by atoms with E-state index in [1.165, 1.54) is 16.1 Å². The number of aryl methyl sites for hydroxylation is 1. The van der Waals surface area contributed by atoms with E-state index in [1.807, 2.05) is 30.3 Å². The van der Waals surface area contributed by atoms with Gasteiger partial charge in [0.2, 0.25) is 10.0 Å². The van der Waals surface area contributed by atoms with E-state index in [-0.39, 0.29) is 18.0 Å². The van der Waals surface area contributed by atoms with Crippen molar-refractivity contribution in [2.24, 2.45) is 5.73 Å². The zero-order valence-corrected chi connectivity index (χ0v) is 15.9. The lowest BCUT2D eigenvalue weighted by atomic mass is 10.1. The molecular weight excluding hydrogens is 360 g/mol. The third-order valence-corrected chi connectivity index (χ3v) is 6.47. The van der Waals surface area contributed by atoms with Gasteiger partial charge in [0.15, 0.2) is 0 Å². The topological polar surface area (TPSA) is 102 Å². The number of hydrogen-bond donors (Lipinski definition) is 2. The van der Waals surface area contributed by atoms with Gasteiger partial charge >= 0.3 is 0 Å². The van der Waals surface area contributed by atoms with Gasteiger partial charge in [0.1, 0.15) is 5.82 Å². The first-order valence-electron chi connectivity index (χ1n) is 8.91. The molecule has 0 amide bonds. The number of nitrogens with two attached hydrogens (primary N) is 2. The first-order chi connectivity index (χ1) is 13.0. The Morgan fingerprint density at radius 3 is 2.44 bits per heavy atom. The van der Waals surface area contributed by atoms with Crippen molar-refractivity contribution < 1.29 is 8.42 Å². The lowest BCUT2D eigenvalue weighted by molar-refractivity contribution is 0.412. The highest BCUT2D eigenvalue weighted by Gasteiger charge is 2.25. The normalized spacial score (nSPS) is 11.9. The fourth-order valence-corrected chi connectivity index (χ4v) is 4.87. The SMILES string of the molecule is NCCN(CCCc1ccccc1)S(=O)(=O)c1cccc2c(N)nccc12. The van der Waals surface area contributed by atoms with E-state index in [0.29, 0.717) is 23.1 Å². The molecule has 3 rings (SSSR count). The zero-order chi connectivity index (χ0) is 19.3. The number of fused-ring (bicyclic) bond motifs is 1. The first-order valence-corrected chi connectivity index (χ1v) is 10.4. The number of nitrogens with zero attached hydrogens (tertiary/aromatic N) is 2. The van der Waals surface area contributed by atoms with Crippen LogP contribution in [0.4, 0.5) is 5.82 Å². The van der Waals surface area contributed by atoms with Crippen LogP contribution in [0.3, 0.4) is 0 Å². The number of anilines is 1. The van der Waals surface area contributed by atoms with Crippen LogP contribution in [0, 0.1) is 0 Å². The van der Waals surface area contributed by atoms with Crippen molar-refractivity contribution in [1.82, 2.24) is 9.29 Å². The minimum atomic E-state index is -3.69. The molecule has 0 aliphatic heterocycles. The van der Waals surface area contributed by atoms with Gasteiger partial charge in [0, 0.05) is 36.6 Å². The molecule has 4 N–H and O–H groups in total. The molecule has 0 bridgehead atoms. The highest BCUT2D eigenvalue weighted by molar-refractivity contribution is 7.89. The van der Waals surface area contributed by atoms with Crippen molar-refractivity contribution >= 4 is 26.6 Å². The third kappa shape index (κ3) is 4.27. The highest BCUT2D eigenvalue weighted by Crippen LogP contribution is 2.28. The Bertz CT molecular complexity index is 1010. The predicted octanol–water partition coefficient (Wildman–Crippen LogP) is 2.40. The van der Waals surface area contributed by atoms with E-state index < -0.39 is 10.0 Å². The van der Waals surface area contributed by atoms with Crippen LogP contribution in [0.2, 0.25) is 0 Å².